The van der Waals surface area contributed by atoms with Gasteiger partial charge in [0, 0.05) is 24.7 Å². The van der Waals surface area contributed by atoms with Crippen molar-refractivity contribution in [2.24, 2.45) is 11.8 Å². The van der Waals surface area contributed by atoms with Crippen molar-refractivity contribution in [1.29, 1.82) is 0 Å². The maximum atomic E-state index is 11.7. The molecular weight excluding hydrogens is 208 g/mol. The average molecular weight is 226 g/mol. The van der Waals surface area contributed by atoms with Crippen LogP contribution in [-0.4, -0.2) is 24.1 Å². The van der Waals surface area contributed by atoms with Gasteiger partial charge in [-0.25, -0.2) is 0 Å². The minimum absolute atomic E-state index is 0.0475. The van der Waals surface area contributed by atoms with Gasteiger partial charge in [-0.1, -0.05) is 13.8 Å². The second-order valence-electron chi connectivity index (χ2n) is 3.72. The highest BCUT2D eigenvalue weighted by Crippen LogP contribution is 2.19. The average Bonchev–Trinajstić information content (AvgIpc) is 2.31. The van der Waals surface area contributed by atoms with Crippen LogP contribution in [0.25, 0.3) is 0 Å². The topological polar surface area (TPSA) is 68.3 Å². The Bertz CT molecular complexity index is 270. The largest absolute Gasteiger partial charge is 0.303 e. The maximum absolute atomic E-state index is 11.7. The van der Waals surface area contributed by atoms with E-state index in [2.05, 4.69) is 0 Å². The van der Waals surface area contributed by atoms with Crippen molar-refractivity contribution in [3.05, 3.63) is 0 Å². The molecule has 0 saturated carbocycles. The zero-order valence-electron chi connectivity index (χ0n) is 9.77. The molecule has 0 aliphatic heterocycles. The van der Waals surface area contributed by atoms with Crippen LogP contribution in [0.5, 0.6) is 0 Å². The van der Waals surface area contributed by atoms with Gasteiger partial charge in [0.2, 0.25) is 5.78 Å². The minimum atomic E-state index is -0.542. The Labute approximate surface area is 95.4 Å². The lowest BCUT2D eigenvalue weighted by atomic mass is 9.83. The molecule has 0 heterocycles. The van der Waals surface area contributed by atoms with Gasteiger partial charge < -0.3 is 9.59 Å². The molecule has 0 aromatic carbocycles. The van der Waals surface area contributed by atoms with E-state index in [1.807, 2.05) is 6.92 Å². The number of Topliss-reactive ketones (excluding diaryl/α,β-unsaturated/α-hetero) is 2. The van der Waals surface area contributed by atoms with Crippen molar-refractivity contribution in [3.63, 3.8) is 0 Å². The van der Waals surface area contributed by atoms with Gasteiger partial charge in [-0.2, -0.15) is 0 Å². The van der Waals surface area contributed by atoms with Crippen LogP contribution >= 0.6 is 0 Å². The summed E-state index contributed by atoms with van der Waals surface area (Å²) in [7, 11) is 0. The molecule has 0 aromatic rings. The highest BCUT2D eigenvalue weighted by atomic mass is 16.2. The molecular formula is C12H18O4. The van der Waals surface area contributed by atoms with Crippen LogP contribution in [0.1, 0.15) is 39.5 Å². The monoisotopic (exact) mass is 226 g/mol. The molecule has 0 saturated heterocycles. The third kappa shape index (κ3) is 4.04. The van der Waals surface area contributed by atoms with Gasteiger partial charge in [0.1, 0.15) is 12.6 Å². The van der Waals surface area contributed by atoms with E-state index in [1.165, 1.54) is 0 Å². The van der Waals surface area contributed by atoms with Crippen LogP contribution in [0.3, 0.4) is 0 Å². The number of ketones is 2. The number of carbonyl (C=O) groups excluding carboxylic acids is 4. The summed E-state index contributed by atoms with van der Waals surface area (Å²) in [4.78, 5) is 44.0. The Morgan fingerprint density at radius 3 is 2.12 bits per heavy atom. The van der Waals surface area contributed by atoms with Gasteiger partial charge in [-0.15, -0.1) is 0 Å². The highest BCUT2D eigenvalue weighted by molar-refractivity contribution is 6.38. The number of hydrogen-bond donors (Lipinski definition) is 0. The van der Waals surface area contributed by atoms with Crippen molar-refractivity contribution in [2.75, 3.05) is 0 Å². The van der Waals surface area contributed by atoms with E-state index in [-0.39, 0.29) is 12.8 Å². The van der Waals surface area contributed by atoms with E-state index in [1.54, 1.807) is 6.92 Å². The van der Waals surface area contributed by atoms with E-state index >= 15 is 0 Å². The predicted octanol–water partition coefficient (Wildman–Crippen LogP) is 1.35. The van der Waals surface area contributed by atoms with Crippen molar-refractivity contribution in [1.82, 2.24) is 0 Å². The molecule has 0 aromatic heterocycles. The lowest BCUT2D eigenvalue weighted by Crippen LogP contribution is -2.30. The normalized spacial score (nSPS) is 13.9. The zero-order chi connectivity index (χ0) is 12.6. The number of aldehydes is 2. The van der Waals surface area contributed by atoms with Crippen LogP contribution in [0.2, 0.25) is 0 Å². The molecule has 0 amide bonds. The fraction of sp³-hybridized carbons (Fsp3) is 0.667. The van der Waals surface area contributed by atoms with Gasteiger partial charge in [0.25, 0.3) is 0 Å². The fourth-order valence-electron chi connectivity index (χ4n) is 1.68. The Kier molecular flexibility index (Phi) is 7.25. The molecule has 0 N–H and O–H groups in total. The van der Waals surface area contributed by atoms with Crippen molar-refractivity contribution >= 4 is 24.1 Å². The molecule has 0 bridgehead atoms. The Balaban J connectivity index is 4.56. The van der Waals surface area contributed by atoms with Crippen LogP contribution in [0, 0.1) is 11.8 Å². The van der Waals surface area contributed by atoms with E-state index < -0.39 is 23.4 Å². The van der Waals surface area contributed by atoms with Gasteiger partial charge in [-0.05, 0) is 12.8 Å². The van der Waals surface area contributed by atoms with Crippen LogP contribution in [-0.2, 0) is 19.2 Å². The second-order valence-corrected chi connectivity index (χ2v) is 3.72. The third-order valence-electron chi connectivity index (χ3n) is 2.70. The van der Waals surface area contributed by atoms with E-state index in [9.17, 15) is 19.2 Å². The van der Waals surface area contributed by atoms with Gasteiger partial charge >= 0.3 is 0 Å². The van der Waals surface area contributed by atoms with Crippen LogP contribution in [0.15, 0.2) is 0 Å². The Morgan fingerprint density at radius 2 is 1.75 bits per heavy atom. The molecule has 0 rings (SSSR count). The SMILES string of the molecule is CCC(C=O)C(CC)C(=O)C(=O)CCC=O. The molecule has 0 spiro atoms. The maximum Gasteiger partial charge on any atom is 0.202 e. The molecule has 0 aliphatic carbocycles. The molecule has 4 heteroatoms. The minimum Gasteiger partial charge on any atom is -0.303 e. The highest BCUT2D eigenvalue weighted by Gasteiger charge is 2.29. The fourth-order valence-corrected chi connectivity index (χ4v) is 1.68. The number of carbonyl (C=O) groups is 4. The lowest BCUT2D eigenvalue weighted by Gasteiger charge is -2.17. The predicted molar refractivity (Wildman–Crippen MR) is 58.9 cm³/mol. The van der Waals surface area contributed by atoms with Gasteiger partial charge in [0.15, 0.2) is 5.78 Å². The van der Waals surface area contributed by atoms with Gasteiger partial charge in [0.05, 0.1) is 0 Å². The van der Waals surface area contributed by atoms with Crippen LogP contribution < -0.4 is 0 Å². The first-order valence-corrected chi connectivity index (χ1v) is 5.58. The van der Waals surface area contributed by atoms with Crippen molar-refractivity contribution in [2.45, 2.75) is 39.5 Å². The first-order chi connectivity index (χ1) is 7.62. The van der Waals surface area contributed by atoms with Crippen molar-refractivity contribution < 1.29 is 19.2 Å². The van der Waals surface area contributed by atoms with Gasteiger partial charge in [-0.3, -0.25) is 9.59 Å². The molecule has 2 unspecified atom stereocenters. The standard InChI is InChI=1S/C12H18O4/c1-3-9(8-14)10(4-2)12(16)11(15)6-5-7-13/h7-10H,3-6H2,1-2H3. The summed E-state index contributed by atoms with van der Waals surface area (Å²) in [6.45, 7) is 3.59. The summed E-state index contributed by atoms with van der Waals surface area (Å²) in [6, 6.07) is 0. The summed E-state index contributed by atoms with van der Waals surface area (Å²) < 4.78 is 0. The first-order valence-electron chi connectivity index (χ1n) is 5.58. The quantitative estimate of drug-likeness (QED) is 0.439. The number of rotatable bonds is 9. The first kappa shape index (κ1) is 14.7. The molecule has 0 fully saturated rings. The Hall–Kier alpha value is -1.32. The van der Waals surface area contributed by atoms with E-state index in [0.717, 1.165) is 6.29 Å². The third-order valence-corrected chi connectivity index (χ3v) is 2.70. The van der Waals surface area contributed by atoms with E-state index in [0.29, 0.717) is 19.1 Å². The summed E-state index contributed by atoms with van der Waals surface area (Å²) in [5.74, 6) is -1.97. The smallest absolute Gasteiger partial charge is 0.202 e. The zero-order valence-corrected chi connectivity index (χ0v) is 9.77. The molecule has 0 aliphatic rings. The molecule has 2 atom stereocenters. The molecule has 90 valence electrons. The van der Waals surface area contributed by atoms with Crippen LogP contribution in [0.4, 0.5) is 0 Å². The number of hydrogen-bond acceptors (Lipinski definition) is 4. The Morgan fingerprint density at radius 1 is 1.12 bits per heavy atom. The van der Waals surface area contributed by atoms with Crippen molar-refractivity contribution in [3.8, 4) is 0 Å². The summed E-state index contributed by atoms with van der Waals surface area (Å²) in [5.41, 5.74) is 0. The summed E-state index contributed by atoms with van der Waals surface area (Å²) >= 11 is 0. The van der Waals surface area contributed by atoms with E-state index in [4.69, 9.17) is 0 Å². The molecule has 16 heavy (non-hydrogen) atoms. The summed E-state index contributed by atoms with van der Waals surface area (Å²) in [5, 5.41) is 0. The molecule has 4 nitrogen and oxygen atoms in total. The molecule has 0 radical (unpaired) electrons. The second kappa shape index (κ2) is 7.91. The summed E-state index contributed by atoms with van der Waals surface area (Å²) in [6.07, 6.45) is 2.40. The lowest BCUT2D eigenvalue weighted by molar-refractivity contribution is -0.141.